The molecule has 0 aromatic heterocycles. The summed E-state index contributed by atoms with van der Waals surface area (Å²) < 4.78 is 80.5. The first-order chi connectivity index (χ1) is 19.8. The van der Waals surface area contributed by atoms with E-state index >= 15 is 0 Å². The van der Waals surface area contributed by atoms with Gasteiger partial charge < -0.3 is 5.32 Å². The normalized spacial score (nSPS) is 15.6. The minimum absolute atomic E-state index is 0.0796. The summed E-state index contributed by atoms with van der Waals surface area (Å²) in [4.78, 5) is 13.2. The number of hydrogen-bond acceptors (Lipinski definition) is 6. The maximum Gasteiger partial charge on any atom is 0.407 e. The van der Waals surface area contributed by atoms with Crippen LogP contribution in [0, 0.1) is 34.4 Å². The Morgan fingerprint density at radius 1 is 1.00 bits per heavy atom. The molecule has 1 saturated carbocycles. The zero-order chi connectivity index (χ0) is 30.7. The Hall–Kier alpha value is -4.26. The molecule has 3 atom stereocenters. The van der Waals surface area contributed by atoms with Crippen LogP contribution in [0.4, 0.5) is 17.6 Å². The number of sulfone groups is 1. The molecule has 0 bridgehead atoms. The first-order valence-electron chi connectivity index (χ1n) is 12.9. The molecule has 3 aromatic rings. The van der Waals surface area contributed by atoms with Crippen LogP contribution in [0.25, 0.3) is 11.1 Å². The lowest BCUT2D eigenvalue weighted by Crippen LogP contribution is -2.52. The van der Waals surface area contributed by atoms with Gasteiger partial charge in [-0.05, 0) is 65.3 Å². The highest BCUT2D eigenvalue weighted by Crippen LogP contribution is 2.39. The zero-order valence-corrected chi connectivity index (χ0v) is 23.1. The largest absolute Gasteiger partial charge is 0.407 e. The first-order valence-corrected chi connectivity index (χ1v) is 14.8. The number of nitrogens with one attached hydrogen (secondary N) is 2. The van der Waals surface area contributed by atoms with Crippen LogP contribution in [0.1, 0.15) is 35.6 Å². The predicted molar refractivity (Wildman–Crippen MR) is 146 cm³/mol. The third-order valence-electron chi connectivity index (χ3n) is 6.99. The van der Waals surface area contributed by atoms with E-state index < -0.39 is 45.9 Å². The highest BCUT2D eigenvalue weighted by Gasteiger charge is 2.46. The summed E-state index contributed by atoms with van der Waals surface area (Å²) in [6.45, 7) is 0. The van der Waals surface area contributed by atoms with Crippen LogP contribution in [0.2, 0.25) is 0 Å². The summed E-state index contributed by atoms with van der Waals surface area (Å²) >= 11 is 0. The molecule has 1 fully saturated rings. The highest BCUT2D eigenvalue weighted by molar-refractivity contribution is 7.90. The molecular formula is C30H26F4N4O3S. The van der Waals surface area contributed by atoms with Gasteiger partial charge in [0.15, 0.2) is 9.84 Å². The Balaban J connectivity index is 1.51. The van der Waals surface area contributed by atoms with Crippen LogP contribution in [0.5, 0.6) is 0 Å². The molecule has 0 aliphatic heterocycles. The molecule has 7 nitrogen and oxygen atoms in total. The van der Waals surface area contributed by atoms with E-state index in [1.54, 1.807) is 18.2 Å². The van der Waals surface area contributed by atoms with E-state index in [0.717, 1.165) is 12.3 Å². The lowest BCUT2D eigenvalue weighted by Gasteiger charge is -2.28. The second-order valence-corrected chi connectivity index (χ2v) is 12.2. The summed E-state index contributed by atoms with van der Waals surface area (Å²) in [5.74, 6) is -1.89. The molecule has 1 aliphatic rings. The van der Waals surface area contributed by atoms with Crippen LogP contribution in [0.15, 0.2) is 71.6 Å². The Morgan fingerprint density at radius 2 is 1.60 bits per heavy atom. The summed E-state index contributed by atoms with van der Waals surface area (Å²) in [7, 11) is -3.40. The summed E-state index contributed by atoms with van der Waals surface area (Å²) in [6.07, 6.45) is -2.86. The molecule has 2 N–H and O–H groups in total. The monoisotopic (exact) mass is 598 g/mol. The van der Waals surface area contributed by atoms with E-state index in [4.69, 9.17) is 5.26 Å². The first kappa shape index (κ1) is 30.7. The molecule has 0 saturated heterocycles. The molecule has 42 heavy (non-hydrogen) atoms. The minimum atomic E-state index is -4.76. The number of hydrogen-bond donors (Lipinski definition) is 2. The number of benzene rings is 3. The van der Waals surface area contributed by atoms with Crippen molar-refractivity contribution in [2.24, 2.45) is 5.92 Å². The summed E-state index contributed by atoms with van der Waals surface area (Å²) in [6, 6.07) is 14.2. The third kappa shape index (κ3) is 7.52. The van der Waals surface area contributed by atoms with Crippen LogP contribution in [-0.4, -0.2) is 38.8 Å². The van der Waals surface area contributed by atoms with Gasteiger partial charge in [0, 0.05) is 12.7 Å². The summed E-state index contributed by atoms with van der Waals surface area (Å²) in [5, 5.41) is 23.4. The third-order valence-corrected chi connectivity index (χ3v) is 8.12. The summed E-state index contributed by atoms with van der Waals surface area (Å²) in [5.41, 5.74) is 1.22. The molecule has 12 heteroatoms. The Labute approximate surface area is 240 Å². The molecule has 0 unspecified atom stereocenters. The number of amides is 1. The van der Waals surface area contributed by atoms with Gasteiger partial charge in [-0.1, -0.05) is 42.5 Å². The predicted octanol–water partition coefficient (Wildman–Crippen LogP) is 4.99. The van der Waals surface area contributed by atoms with Gasteiger partial charge in [0.1, 0.15) is 17.9 Å². The molecule has 0 spiro atoms. The van der Waals surface area contributed by atoms with Crippen LogP contribution >= 0.6 is 0 Å². The molecule has 3 aromatic carbocycles. The number of nitriles is 2. The van der Waals surface area contributed by atoms with Crippen molar-refractivity contribution in [1.82, 2.24) is 10.6 Å². The van der Waals surface area contributed by atoms with Crippen molar-refractivity contribution in [1.29, 1.82) is 10.5 Å². The van der Waals surface area contributed by atoms with Crippen LogP contribution in [-0.2, 0) is 21.1 Å². The van der Waals surface area contributed by atoms with E-state index in [-0.39, 0.29) is 33.9 Å². The quantitative estimate of drug-likeness (QED) is 0.317. The number of alkyl halides is 3. The average molecular weight is 599 g/mol. The molecular weight excluding hydrogens is 572 g/mol. The zero-order valence-electron chi connectivity index (χ0n) is 22.3. The molecule has 218 valence electrons. The highest BCUT2D eigenvalue weighted by atomic mass is 32.2. The van der Waals surface area contributed by atoms with Crippen molar-refractivity contribution in [2.45, 2.75) is 48.5 Å². The van der Waals surface area contributed by atoms with E-state index in [1.165, 1.54) is 48.5 Å². The van der Waals surface area contributed by atoms with Gasteiger partial charge in [-0.3, -0.25) is 10.1 Å². The SMILES string of the molecule is CS(=O)(=O)c1ccc(-c2ccc([C@H](N[C@H](C(=O)N[C@H](C#N)Cc3ccc(C#N)cc3F)C3CC3)C(F)(F)F)cc2)cc1. The number of carbonyl (C=O) groups excluding carboxylic acids is 1. The van der Waals surface area contributed by atoms with E-state index in [1.807, 2.05) is 6.07 Å². The maximum absolute atomic E-state index is 14.3. The van der Waals surface area contributed by atoms with Crippen molar-refractivity contribution in [3.63, 3.8) is 0 Å². The second-order valence-electron chi connectivity index (χ2n) is 10.2. The van der Waals surface area contributed by atoms with Gasteiger partial charge in [0.25, 0.3) is 0 Å². The lowest BCUT2D eigenvalue weighted by atomic mass is 9.99. The van der Waals surface area contributed by atoms with Crippen LogP contribution < -0.4 is 10.6 Å². The Bertz CT molecular complexity index is 1640. The van der Waals surface area contributed by atoms with Crippen molar-refractivity contribution in [3.8, 4) is 23.3 Å². The Kier molecular flexibility index (Phi) is 9.00. The number of nitrogens with zero attached hydrogens (tertiary/aromatic N) is 2. The molecule has 1 amide bonds. The fourth-order valence-electron chi connectivity index (χ4n) is 4.57. The van der Waals surface area contributed by atoms with E-state index in [2.05, 4.69) is 10.6 Å². The topological polar surface area (TPSA) is 123 Å². The van der Waals surface area contributed by atoms with E-state index in [9.17, 15) is 36.0 Å². The molecule has 1 aliphatic carbocycles. The van der Waals surface area contributed by atoms with Crippen LogP contribution in [0.3, 0.4) is 0 Å². The fourth-order valence-corrected chi connectivity index (χ4v) is 5.20. The van der Waals surface area contributed by atoms with Gasteiger partial charge >= 0.3 is 6.18 Å². The van der Waals surface area contributed by atoms with Crippen molar-refractivity contribution in [2.75, 3.05) is 6.26 Å². The molecule has 4 rings (SSSR count). The average Bonchev–Trinajstić information content (AvgIpc) is 3.78. The molecule has 0 heterocycles. The lowest BCUT2D eigenvalue weighted by molar-refractivity contribution is -0.161. The van der Waals surface area contributed by atoms with Crippen molar-refractivity contribution in [3.05, 3.63) is 89.2 Å². The standard InChI is InChI=1S/C30H26F4N4O3S/c1-42(40,41)25-12-10-20(11-13-25)19-4-8-22(9-5-19)28(30(32,33)34)38-27(21-6-7-21)29(39)37-24(17-36)15-23-3-2-18(16-35)14-26(23)31/h2-5,8-14,21,24,27-28,38H,6-7,15H2,1H3,(H,37,39)/t24-,27-,28-/m0/s1. The molecule has 0 radical (unpaired) electrons. The van der Waals surface area contributed by atoms with Crippen molar-refractivity contribution >= 4 is 15.7 Å². The maximum atomic E-state index is 14.3. The van der Waals surface area contributed by atoms with Gasteiger partial charge in [-0.15, -0.1) is 0 Å². The number of halogens is 4. The Morgan fingerprint density at radius 3 is 2.07 bits per heavy atom. The number of carbonyl (C=O) groups is 1. The van der Waals surface area contributed by atoms with Crippen molar-refractivity contribution < 1.29 is 30.8 Å². The fraction of sp³-hybridized carbons (Fsp3) is 0.300. The van der Waals surface area contributed by atoms with E-state index in [0.29, 0.717) is 24.0 Å². The van der Waals surface area contributed by atoms with Gasteiger partial charge in [-0.2, -0.15) is 23.7 Å². The van der Waals surface area contributed by atoms with Gasteiger partial charge in [0.2, 0.25) is 5.91 Å². The van der Waals surface area contributed by atoms with Gasteiger partial charge in [0.05, 0.1) is 28.6 Å². The second kappa shape index (κ2) is 12.3. The van der Waals surface area contributed by atoms with Gasteiger partial charge in [-0.25, -0.2) is 12.8 Å². The smallest absolute Gasteiger partial charge is 0.339 e. The number of rotatable bonds is 10. The minimum Gasteiger partial charge on any atom is -0.339 e.